The summed E-state index contributed by atoms with van der Waals surface area (Å²) in [4.78, 5) is 23.7. The van der Waals surface area contributed by atoms with E-state index in [4.69, 9.17) is 0 Å². The molecule has 0 N–H and O–H groups in total. The number of hydrogen-bond acceptors (Lipinski definition) is 4. The van der Waals surface area contributed by atoms with Gasteiger partial charge in [-0.25, -0.2) is 4.98 Å². The summed E-state index contributed by atoms with van der Waals surface area (Å²) in [5.41, 5.74) is 4.07. The molecule has 132 valence electrons. The van der Waals surface area contributed by atoms with Crippen molar-refractivity contribution >= 4 is 17.2 Å². The molecule has 1 aliphatic heterocycles. The fraction of sp³-hybridized carbons (Fsp3) is 0.286. The predicted octanol–water partition coefficient (Wildman–Crippen LogP) is 4.74. The smallest absolute Gasteiger partial charge is 0.273 e. The number of carbonyl (C=O) groups excluding carboxylic acids is 1. The summed E-state index contributed by atoms with van der Waals surface area (Å²) in [5, 5.41) is 2.78. The molecule has 0 radical (unpaired) electrons. The van der Waals surface area contributed by atoms with E-state index >= 15 is 0 Å². The topological polar surface area (TPSA) is 46.1 Å². The van der Waals surface area contributed by atoms with Gasteiger partial charge in [-0.2, -0.15) is 0 Å². The number of nitrogens with zero attached hydrogens (tertiary/aromatic N) is 3. The lowest BCUT2D eigenvalue weighted by Crippen LogP contribution is -2.30. The van der Waals surface area contributed by atoms with E-state index in [-0.39, 0.29) is 11.9 Å². The number of pyridine rings is 1. The number of thiazole rings is 1. The highest BCUT2D eigenvalue weighted by atomic mass is 32.1. The van der Waals surface area contributed by atoms with Crippen LogP contribution in [0.3, 0.4) is 0 Å². The van der Waals surface area contributed by atoms with Crippen LogP contribution in [0.25, 0.3) is 10.6 Å². The molecule has 26 heavy (non-hydrogen) atoms. The van der Waals surface area contributed by atoms with Gasteiger partial charge in [0.2, 0.25) is 0 Å². The molecule has 1 unspecified atom stereocenters. The normalized spacial score (nSPS) is 16.8. The number of aryl methyl sites for hydroxylation is 1. The first-order valence-electron chi connectivity index (χ1n) is 9.02. The minimum atomic E-state index is 0.0250. The van der Waals surface area contributed by atoms with Gasteiger partial charge in [0.05, 0.1) is 6.04 Å². The van der Waals surface area contributed by atoms with Crippen LogP contribution in [0, 0.1) is 0 Å². The maximum absolute atomic E-state index is 13.0. The largest absolute Gasteiger partial charge is 0.330 e. The van der Waals surface area contributed by atoms with Crippen LogP contribution in [0.15, 0.2) is 54.2 Å². The molecule has 0 bridgehead atoms. The van der Waals surface area contributed by atoms with Crippen LogP contribution >= 0.6 is 11.3 Å². The van der Waals surface area contributed by atoms with Crippen LogP contribution in [0.5, 0.6) is 0 Å². The van der Waals surface area contributed by atoms with Crippen molar-refractivity contribution in [3.63, 3.8) is 0 Å². The Bertz CT molecular complexity index is 889. The summed E-state index contributed by atoms with van der Waals surface area (Å²) < 4.78 is 0. The van der Waals surface area contributed by atoms with Gasteiger partial charge in [-0.05, 0) is 42.5 Å². The second-order valence-electron chi connectivity index (χ2n) is 6.53. The van der Waals surface area contributed by atoms with Gasteiger partial charge in [-0.15, -0.1) is 11.3 Å². The van der Waals surface area contributed by atoms with E-state index in [0.29, 0.717) is 5.69 Å². The van der Waals surface area contributed by atoms with Crippen molar-refractivity contribution in [1.29, 1.82) is 0 Å². The van der Waals surface area contributed by atoms with Crippen LogP contribution < -0.4 is 0 Å². The van der Waals surface area contributed by atoms with Gasteiger partial charge in [0.25, 0.3) is 5.91 Å². The molecular formula is C21H21N3OS. The van der Waals surface area contributed by atoms with Crippen molar-refractivity contribution in [3.8, 4) is 10.6 Å². The number of rotatable bonds is 4. The second-order valence-corrected chi connectivity index (χ2v) is 7.38. The molecule has 1 saturated heterocycles. The highest BCUT2D eigenvalue weighted by Crippen LogP contribution is 2.33. The lowest BCUT2D eigenvalue weighted by Gasteiger charge is -2.24. The highest BCUT2D eigenvalue weighted by Gasteiger charge is 2.31. The minimum Gasteiger partial charge on any atom is -0.330 e. The van der Waals surface area contributed by atoms with E-state index in [1.165, 1.54) is 16.9 Å². The highest BCUT2D eigenvalue weighted by molar-refractivity contribution is 7.13. The van der Waals surface area contributed by atoms with Crippen LogP contribution in [-0.4, -0.2) is 27.3 Å². The van der Waals surface area contributed by atoms with E-state index < -0.39 is 0 Å². The van der Waals surface area contributed by atoms with Crippen LogP contribution in [-0.2, 0) is 6.42 Å². The van der Waals surface area contributed by atoms with E-state index in [0.717, 1.165) is 41.9 Å². The summed E-state index contributed by atoms with van der Waals surface area (Å²) in [6.45, 7) is 2.92. The molecular weight excluding hydrogens is 342 g/mol. The summed E-state index contributed by atoms with van der Waals surface area (Å²) in [6, 6.07) is 12.5. The molecule has 2 aromatic heterocycles. The summed E-state index contributed by atoms with van der Waals surface area (Å²) in [7, 11) is 0. The van der Waals surface area contributed by atoms with Crippen molar-refractivity contribution in [2.75, 3.05) is 6.54 Å². The fourth-order valence-electron chi connectivity index (χ4n) is 3.48. The molecule has 1 amide bonds. The Balaban J connectivity index is 1.56. The third kappa shape index (κ3) is 3.27. The third-order valence-electron chi connectivity index (χ3n) is 4.94. The average Bonchev–Trinajstić information content (AvgIpc) is 3.38. The zero-order valence-corrected chi connectivity index (χ0v) is 15.6. The predicted molar refractivity (Wildman–Crippen MR) is 104 cm³/mol. The quantitative estimate of drug-likeness (QED) is 0.672. The molecule has 4 rings (SSSR count). The molecule has 1 aromatic carbocycles. The first kappa shape index (κ1) is 16.9. The van der Waals surface area contributed by atoms with E-state index in [2.05, 4.69) is 41.2 Å². The molecule has 4 nitrogen and oxygen atoms in total. The van der Waals surface area contributed by atoms with Gasteiger partial charge >= 0.3 is 0 Å². The molecule has 1 aliphatic rings. The average molecular weight is 363 g/mol. The monoisotopic (exact) mass is 363 g/mol. The number of benzene rings is 1. The Morgan fingerprint density at radius 1 is 1.19 bits per heavy atom. The van der Waals surface area contributed by atoms with Crippen molar-refractivity contribution < 1.29 is 4.79 Å². The number of carbonyl (C=O) groups is 1. The van der Waals surface area contributed by atoms with Gasteiger partial charge in [0.1, 0.15) is 10.7 Å². The van der Waals surface area contributed by atoms with E-state index in [9.17, 15) is 4.79 Å². The lowest BCUT2D eigenvalue weighted by atomic mass is 10.1. The Hall–Kier alpha value is -2.53. The number of likely N-dealkylation sites (tertiary alicyclic amines) is 1. The first-order chi connectivity index (χ1) is 12.8. The molecule has 5 heteroatoms. The Morgan fingerprint density at radius 3 is 2.69 bits per heavy atom. The van der Waals surface area contributed by atoms with Gasteiger partial charge in [0.15, 0.2) is 0 Å². The molecule has 3 aromatic rings. The second kappa shape index (κ2) is 7.38. The Morgan fingerprint density at radius 2 is 1.96 bits per heavy atom. The molecule has 1 fully saturated rings. The maximum Gasteiger partial charge on any atom is 0.273 e. The molecule has 0 aliphatic carbocycles. The van der Waals surface area contributed by atoms with Crippen LogP contribution in [0.2, 0.25) is 0 Å². The zero-order chi connectivity index (χ0) is 17.9. The van der Waals surface area contributed by atoms with E-state index in [1.807, 2.05) is 22.4 Å². The summed E-state index contributed by atoms with van der Waals surface area (Å²) >= 11 is 1.53. The molecule has 3 heterocycles. The zero-order valence-electron chi connectivity index (χ0n) is 14.8. The molecule has 0 saturated carbocycles. The van der Waals surface area contributed by atoms with Gasteiger partial charge in [0, 0.05) is 29.9 Å². The number of amides is 1. The van der Waals surface area contributed by atoms with Crippen molar-refractivity contribution in [2.24, 2.45) is 0 Å². The minimum absolute atomic E-state index is 0.0250. The third-order valence-corrected chi connectivity index (χ3v) is 5.83. The fourth-order valence-corrected chi connectivity index (χ4v) is 4.28. The summed E-state index contributed by atoms with van der Waals surface area (Å²) in [6.07, 6.45) is 6.61. The van der Waals surface area contributed by atoms with Crippen molar-refractivity contribution in [3.05, 3.63) is 71.0 Å². The SMILES string of the molecule is CCc1ccc(-c2nc(C(=O)N3CCCC3c3ccncc3)cs2)cc1. The van der Waals surface area contributed by atoms with Crippen LogP contribution in [0.1, 0.15) is 47.4 Å². The van der Waals surface area contributed by atoms with Crippen molar-refractivity contribution in [2.45, 2.75) is 32.2 Å². The van der Waals surface area contributed by atoms with Crippen LogP contribution in [0.4, 0.5) is 0 Å². The van der Waals surface area contributed by atoms with Gasteiger partial charge in [-0.3, -0.25) is 9.78 Å². The Labute approximate surface area is 157 Å². The molecule has 1 atom stereocenters. The lowest BCUT2D eigenvalue weighted by molar-refractivity contribution is 0.0730. The number of aromatic nitrogens is 2. The van der Waals surface area contributed by atoms with Gasteiger partial charge in [-0.1, -0.05) is 31.2 Å². The first-order valence-corrected chi connectivity index (χ1v) is 9.90. The summed E-state index contributed by atoms with van der Waals surface area (Å²) in [5.74, 6) is 0.0250. The van der Waals surface area contributed by atoms with Crippen molar-refractivity contribution in [1.82, 2.24) is 14.9 Å². The Kier molecular flexibility index (Phi) is 4.80. The maximum atomic E-state index is 13.0. The van der Waals surface area contributed by atoms with Gasteiger partial charge < -0.3 is 4.90 Å². The van der Waals surface area contributed by atoms with E-state index in [1.54, 1.807) is 12.4 Å². The molecule has 0 spiro atoms. The number of hydrogen-bond donors (Lipinski definition) is 0. The standard InChI is InChI=1S/C21H21N3OS/c1-2-15-5-7-17(8-6-15)20-23-18(14-26-20)21(25)24-13-3-4-19(24)16-9-11-22-12-10-16/h5-12,14,19H,2-4,13H2,1H3.